The number of hydrogen-bond acceptors (Lipinski definition) is 9. The Kier molecular flexibility index (Phi) is 7.42. The molecule has 8 nitrogen and oxygen atoms in total. The van der Waals surface area contributed by atoms with Crippen LogP contribution >= 0.6 is 11.8 Å². The molecule has 2 N–H and O–H groups in total. The van der Waals surface area contributed by atoms with Crippen LogP contribution in [0.4, 0.5) is 24.9 Å². The van der Waals surface area contributed by atoms with Crippen molar-refractivity contribution >= 4 is 34.3 Å². The van der Waals surface area contributed by atoms with Crippen LogP contribution < -0.4 is 10.2 Å². The molecular formula is C23H29F3N6O2S2. The highest BCUT2D eigenvalue weighted by molar-refractivity contribution is 8.00. The summed E-state index contributed by atoms with van der Waals surface area (Å²) in [6.45, 7) is 1.30. The Morgan fingerprint density at radius 3 is 2.47 bits per heavy atom. The maximum absolute atomic E-state index is 13.0. The third-order valence-corrected chi connectivity index (χ3v) is 9.39. The van der Waals surface area contributed by atoms with E-state index < -0.39 is 21.8 Å². The van der Waals surface area contributed by atoms with Crippen LogP contribution in [-0.2, 0) is 17.2 Å². The van der Waals surface area contributed by atoms with Crippen LogP contribution in [0.5, 0.6) is 0 Å². The van der Waals surface area contributed by atoms with Crippen molar-refractivity contribution in [3.05, 3.63) is 23.9 Å². The average molecular weight is 543 g/mol. The highest BCUT2D eigenvalue weighted by Gasteiger charge is 2.38. The number of nitrogens with one attached hydrogen (secondary N) is 1. The van der Waals surface area contributed by atoms with Crippen LogP contribution in [0.15, 0.2) is 22.2 Å². The Bertz CT molecular complexity index is 1100. The molecular weight excluding hydrogens is 513 g/mol. The molecule has 1 saturated heterocycles. The van der Waals surface area contributed by atoms with E-state index >= 15 is 0 Å². The molecule has 0 spiro atoms. The van der Waals surface area contributed by atoms with Crippen LogP contribution in [0.3, 0.4) is 0 Å². The normalized spacial score (nSPS) is 22.4. The number of hydrogen-bond donors (Lipinski definition) is 2. The number of anilines is 2. The molecule has 2 aromatic rings. The van der Waals surface area contributed by atoms with Gasteiger partial charge in [-0.25, -0.2) is 15.0 Å². The number of fused-ring (bicyclic) bond motifs is 1. The van der Waals surface area contributed by atoms with Gasteiger partial charge < -0.3 is 15.3 Å². The molecule has 13 heteroatoms. The first-order valence-electron chi connectivity index (χ1n) is 12.3. The molecule has 1 saturated carbocycles. The zero-order chi connectivity index (χ0) is 25.3. The molecule has 0 aromatic carbocycles. The van der Waals surface area contributed by atoms with Crippen molar-refractivity contribution in [3.8, 4) is 0 Å². The molecule has 0 unspecified atom stereocenters. The van der Waals surface area contributed by atoms with Crippen molar-refractivity contribution in [2.45, 2.75) is 78.1 Å². The van der Waals surface area contributed by atoms with E-state index in [0.29, 0.717) is 41.3 Å². The van der Waals surface area contributed by atoms with Gasteiger partial charge in [-0.05, 0) is 63.1 Å². The van der Waals surface area contributed by atoms with E-state index in [-0.39, 0.29) is 29.2 Å². The molecule has 3 aliphatic rings. The van der Waals surface area contributed by atoms with E-state index in [1.54, 1.807) is 0 Å². The number of aromatic nitrogens is 4. The van der Waals surface area contributed by atoms with Gasteiger partial charge in [0.25, 0.3) is 0 Å². The molecule has 1 aliphatic carbocycles. The fourth-order valence-electron chi connectivity index (χ4n) is 4.98. The van der Waals surface area contributed by atoms with Crippen LogP contribution in [0.1, 0.15) is 62.4 Å². The van der Waals surface area contributed by atoms with E-state index in [0.717, 1.165) is 57.1 Å². The van der Waals surface area contributed by atoms with Gasteiger partial charge in [-0.15, -0.1) is 0 Å². The molecule has 2 aromatic heterocycles. The van der Waals surface area contributed by atoms with Crippen LogP contribution in [0.25, 0.3) is 0 Å². The number of alkyl halides is 3. The molecule has 0 radical (unpaired) electrons. The summed E-state index contributed by atoms with van der Waals surface area (Å²) in [5.41, 5.74) is -3.97. The average Bonchev–Trinajstić information content (AvgIpc) is 3.02. The maximum atomic E-state index is 13.0. The monoisotopic (exact) mass is 542 g/mol. The molecule has 196 valence electrons. The van der Waals surface area contributed by atoms with Crippen LogP contribution in [0, 0.1) is 0 Å². The number of aryl methyl sites for hydroxylation is 1. The number of thioether (sulfide) groups is 1. The molecule has 36 heavy (non-hydrogen) atoms. The molecule has 4 heterocycles. The molecule has 1 atom stereocenters. The molecule has 2 fully saturated rings. The van der Waals surface area contributed by atoms with Crippen LogP contribution in [0.2, 0.25) is 0 Å². The minimum absolute atomic E-state index is 0.000589. The second-order valence-electron chi connectivity index (χ2n) is 9.66. The predicted molar refractivity (Wildman–Crippen MR) is 132 cm³/mol. The van der Waals surface area contributed by atoms with Crippen molar-refractivity contribution in [2.75, 3.05) is 35.7 Å². The van der Waals surface area contributed by atoms with Gasteiger partial charge in [0.1, 0.15) is 16.5 Å². The first kappa shape index (κ1) is 25.7. The largest absolute Gasteiger partial charge is 0.446 e. The maximum Gasteiger partial charge on any atom is 0.446 e. The number of aliphatic hydroxyl groups is 1. The summed E-state index contributed by atoms with van der Waals surface area (Å²) in [6.07, 6.45) is 9.16. The van der Waals surface area contributed by atoms with Gasteiger partial charge in [0.15, 0.2) is 0 Å². The summed E-state index contributed by atoms with van der Waals surface area (Å²) in [6, 6.07) is 0. The number of rotatable bonds is 6. The Morgan fingerprint density at radius 2 is 1.86 bits per heavy atom. The summed E-state index contributed by atoms with van der Waals surface area (Å²) in [7, 11) is -1.19. The summed E-state index contributed by atoms with van der Waals surface area (Å²) >= 11 is -0.214. The smallest absolute Gasteiger partial charge is 0.394 e. The van der Waals surface area contributed by atoms with Crippen molar-refractivity contribution in [1.82, 2.24) is 19.9 Å². The summed E-state index contributed by atoms with van der Waals surface area (Å²) in [5, 5.41) is 13.4. The van der Waals surface area contributed by atoms with Gasteiger partial charge in [0.2, 0.25) is 5.95 Å². The van der Waals surface area contributed by atoms with Gasteiger partial charge in [-0.2, -0.15) is 18.2 Å². The third-order valence-electron chi connectivity index (χ3n) is 7.17. The van der Waals surface area contributed by atoms with Crippen molar-refractivity contribution in [3.63, 3.8) is 0 Å². The number of aliphatic hydroxyl groups excluding tert-OH is 1. The lowest BCUT2D eigenvalue weighted by molar-refractivity contribution is -0.0328. The van der Waals surface area contributed by atoms with Crippen molar-refractivity contribution in [1.29, 1.82) is 0 Å². The zero-order valence-electron chi connectivity index (χ0n) is 19.8. The second-order valence-corrected chi connectivity index (χ2v) is 12.3. The topological polar surface area (TPSA) is 104 Å². The highest BCUT2D eigenvalue weighted by Crippen LogP contribution is 2.39. The van der Waals surface area contributed by atoms with Crippen LogP contribution in [-0.4, -0.2) is 65.7 Å². The van der Waals surface area contributed by atoms with E-state index in [1.807, 2.05) is 0 Å². The molecule has 2 aliphatic heterocycles. The van der Waals surface area contributed by atoms with Gasteiger partial charge in [0, 0.05) is 37.2 Å². The fourth-order valence-corrected chi connectivity index (χ4v) is 6.86. The fraction of sp³-hybridized carbons (Fsp3) is 0.652. The first-order valence-corrected chi connectivity index (χ1v) is 14.4. The van der Waals surface area contributed by atoms with Gasteiger partial charge in [-0.1, -0.05) is 0 Å². The quantitative estimate of drug-likeness (QED) is 0.524. The minimum atomic E-state index is -4.36. The summed E-state index contributed by atoms with van der Waals surface area (Å²) in [4.78, 5) is 20.8. The Labute approximate surface area is 214 Å². The minimum Gasteiger partial charge on any atom is -0.394 e. The lowest BCUT2D eigenvalue weighted by atomic mass is 9.77. The van der Waals surface area contributed by atoms with E-state index in [1.165, 1.54) is 12.4 Å². The second kappa shape index (κ2) is 10.4. The van der Waals surface area contributed by atoms with E-state index in [9.17, 15) is 22.5 Å². The Hall–Kier alpha value is -1.99. The third kappa shape index (κ3) is 5.62. The van der Waals surface area contributed by atoms with Crippen molar-refractivity contribution in [2.24, 2.45) is 0 Å². The van der Waals surface area contributed by atoms with Gasteiger partial charge in [-0.3, -0.25) is 4.21 Å². The van der Waals surface area contributed by atoms with E-state index in [2.05, 4.69) is 20.2 Å². The zero-order valence-corrected chi connectivity index (χ0v) is 21.4. The van der Waals surface area contributed by atoms with Gasteiger partial charge in [0.05, 0.1) is 33.5 Å². The predicted octanol–water partition coefficient (Wildman–Crippen LogP) is 4.03. The molecule has 5 rings (SSSR count). The number of piperidine rings is 1. The highest BCUT2D eigenvalue weighted by atomic mass is 32.2. The molecule has 0 bridgehead atoms. The van der Waals surface area contributed by atoms with Gasteiger partial charge >= 0.3 is 5.51 Å². The molecule has 0 amide bonds. The Morgan fingerprint density at radius 1 is 1.14 bits per heavy atom. The standard InChI is InChI=1S/C23H29F3N6O2S2/c24-23(25,26)35-16-12-27-19(28-13-16)15-5-9-32(10-6-15)21-29-17-4-1-2-11-36(34)18(17)20(30-21)31-22(14-33)7-3-8-22/h12-13,15,33H,1-11,14H2,(H,29,30,31)/t36-/m0/s1. The summed E-state index contributed by atoms with van der Waals surface area (Å²) in [5.74, 6) is 2.34. The lowest BCUT2D eigenvalue weighted by Crippen LogP contribution is -2.49. The number of nitrogens with zero attached hydrogens (tertiary/aromatic N) is 5. The summed E-state index contributed by atoms with van der Waals surface area (Å²) < 4.78 is 50.7. The lowest BCUT2D eigenvalue weighted by Gasteiger charge is -2.42. The van der Waals surface area contributed by atoms with Crippen molar-refractivity contribution < 1.29 is 22.5 Å². The Balaban J connectivity index is 1.33. The number of halogens is 3. The first-order chi connectivity index (χ1) is 17.3. The SMILES string of the molecule is O=[S@]1CCCCc2nc(N3CCC(c4ncc(SC(F)(F)F)cn4)CC3)nc(NC3(CO)CCC3)c21. The van der Waals surface area contributed by atoms with E-state index in [4.69, 9.17) is 9.97 Å².